The number of ether oxygens (including phenoxy) is 4. The third-order valence-electron chi connectivity index (χ3n) is 3.63. The van der Waals surface area contributed by atoms with Crippen LogP contribution in [0.2, 0.25) is 0 Å². The van der Waals surface area contributed by atoms with E-state index in [0.29, 0.717) is 0 Å². The molecule has 0 unspecified atom stereocenters. The van der Waals surface area contributed by atoms with Crippen molar-refractivity contribution in [3.63, 3.8) is 0 Å². The van der Waals surface area contributed by atoms with Crippen LogP contribution in [0.25, 0.3) is 0 Å². The highest BCUT2D eigenvalue weighted by Gasteiger charge is 2.31. The Hall–Kier alpha value is -3.50. The fourth-order valence-electron chi connectivity index (χ4n) is 2.14. The van der Waals surface area contributed by atoms with Crippen LogP contribution in [-0.2, 0) is 47.7 Å². The molecular weight excluding hydrogens is 390 g/mol. The van der Waals surface area contributed by atoms with Crippen molar-refractivity contribution in [2.75, 3.05) is 34.0 Å². The maximum Gasteiger partial charge on any atom is 0.331 e. The van der Waals surface area contributed by atoms with E-state index in [0.717, 1.165) is 43.4 Å². The molecule has 0 saturated carbocycles. The van der Waals surface area contributed by atoms with Gasteiger partial charge in [-0.3, -0.25) is 14.5 Å². The molecule has 11 heteroatoms. The molecule has 0 aromatic rings. The van der Waals surface area contributed by atoms with E-state index >= 15 is 0 Å². The third kappa shape index (κ3) is 8.82. The van der Waals surface area contributed by atoms with Crippen molar-refractivity contribution in [1.82, 2.24) is 4.90 Å². The van der Waals surface area contributed by atoms with Crippen LogP contribution >= 0.6 is 0 Å². The molecule has 0 aromatic heterocycles. The lowest BCUT2D eigenvalue weighted by Gasteiger charge is -2.21. The summed E-state index contributed by atoms with van der Waals surface area (Å²) in [6.07, 6.45) is 3.58. The summed E-state index contributed by atoms with van der Waals surface area (Å²) in [6.45, 7) is -0.718. The van der Waals surface area contributed by atoms with E-state index in [2.05, 4.69) is 9.47 Å². The van der Waals surface area contributed by atoms with Crippen LogP contribution in [0.4, 0.5) is 0 Å². The Bertz CT molecular complexity index is 666. The third-order valence-corrected chi connectivity index (χ3v) is 3.63. The van der Waals surface area contributed by atoms with Crippen LogP contribution in [0.5, 0.6) is 0 Å². The molecule has 1 fully saturated rings. The molecule has 1 heterocycles. The molecular formula is C18H21NO10. The Morgan fingerprint density at radius 1 is 0.793 bits per heavy atom. The Balaban J connectivity index is 2.68. The number of esters is 4. The predicted octanol–water partition coefficient (Wildman–Crippen LogP) is -0.704. The highest BCUT2D eigenvalue weighted by atomic mass is 16.5. The van der Waals surface area contributed by atoms with Gasteiger partial charge in [0.2, 0.25) is 11.8 Å². The first-order valence-corrected chi connectivity index (χ1v) is 8.45. The summed E-state index contributed by atoms with van der Waals surface area (Å²) >= 11 is 0. The number of hydrogen-bond acceptors (Lipinski definition) is 10. The number of nitrogens with zero attached hydrogens (tertiary/aromatic N) is 1. The predicted molar refractivity (Wildman–Crippen MR) is 93.7 cm³/mol. The van der Waals surface area contributed by atoms with Gasteiger partial charge in [-0.25, -0.2) is 19.2 Å². The van der Waals surface area contributed by atoms with Crippen molar-refractivity contribution in [1.29, 1.82) is 0 Å². The smallest absolute Gasteiger partial charge is 0.331 e. The molecule has 29 heavy (non-hydrogen) atoms. The quantitative estimate of drug-likeness (QED) is 0.196. The molecule has 2 amide bonds. The second-order valence-electron chi connectivity index (χ2n) is 5.74. The van der Waals surface area contributed by atoms with Crippen LogP contribution in [0.1, 0.15) is 12.8 Å². The van der Waals surface area contributed by atoms with Gasteiger partial charge in [-0.2, -0.15) is 0 Å². The van der Waals surface area contributed by atoms with Gasteiger partial charge >= 0.3 is 23.9 Å². The summed E-state index contributed by atoms with van der Waals surface area (Å²) in [5.74, 6) is -4.71. The van der Waals surface area contributed by atoms with E-state index in [9.17, 15) is 28.8 Å². The number of methoxy groups -OCH3 is 2. The number of hydrogen-bond donors (Lipinski definition) is 0. The molecule has 1 saturated heterocycles. The number of amides is 2. The van der Waals surface area contributed by atoms with Gasteiger partial charge in [-0.1, -0.05) is 0 Å². The van der Waals surface area contributed by atoms with Crippen LogP contribution in [-0.4, -0.2) is 74.6 Å². The number of rotatable bonds is 10. The van der Waals surface area contributed by atoms with Gasteiger partial charge in [0.15, 0.2) is 0 Å². The Morgan fingerprint density at radius 3 is 1.55 bits per heavy atom. The first kappa shape index (κ1) is 23.5. The van der Waals surface area contributed by atoms with Gasteiger partial charge in [0.1, 0.15) is 0 Å². The van der Waals surface area contributed by atoms with E-state index in [1.807, 2.05) is 0 Å². The molecule has 0 aromatic carbocycles. The minimum Gasteiger partial charge on any atom is -0.466 e. The lowest BCUT2D eigenvalue weighted by Crippen LogP contribution is -2.37. The minimum atomic E-state index is -0.864. The highest BCUT2D eigenvalue weighted by Crippen LogP contribution is 2.15. The number of carbonyl (C=O) groups is 6. The second-order valence-corrected chi connectivity index (χ2v) is 5.74. The number of likely N-dealkylation sites (tertiary alicyclic amines) is 1. The molecule has 0 aliphatic carbocycles. The maximum absolute atomic E-state index is 11.8. The largest absolute Gasteiger partial charge is 0.466 e. The van der Waals surface area contributed by atoms with E-state index in [-0.39, 0.29) is 44.4 Å². The van der Waals surface area contributed by atoms with Gasteiger partial charge in [0.05, 0.1) is 27.4 Å². The van der Waals surface area contributed by atoms with Crippen LogP contribution in [0.3, 0.4) is 0 Å². The number of carbonyl (C=O) groups excluding carboxylic acids is 6. The van der Waals surface area contributed by atoms with Crippen LogP contribution in [0.15, 0.2) is 24.3 Å². The standard InChI is InChI=1S/C18H21NO10/c1-26-15(22)5-7-17(24)28-10-12(9-19-13(20)3-4-14(19)21)11-29-18(25)8-6-16(23)27-2/h5-8,12H,3-4,9-11H2,1-2H3/b7-5+,8-6+. The average molecular weight is 411 g/mol. The zero-order valence-electron chi connectivity index (χ0n) is 16.0. The van der Waals surface area contributed by atoms with E-state index in [4.69, 9.17) is 9.47 Å². The molecule has 11 nitrogen and oxygen atoms in total. The zero-order chi connectivity index (χ0) is 21.8. The fourth-order valence-corrected chi connectivity index (χ4v) is 2.14. The normalized spacial score (nSPS) is 14.0. The summed E-state index contributed by atoms with van der Waals surface area (Å²) in [6, 6.07) is 0. The van der Waals surface area contributed by atoms with Gasteiger partial charge in [0.25, 0.3) is 0 Å². The Kier molecular flexibility index (Phi) is 9.79. The highest BCUT2D eigenvalue weighted by molar-refractivity contribution is 6.02. The molecule has 0 atom stereocenters. The molecule has 158 valence electrons. The zero-order valence-corrected chi connectivity index (χ0v) is 16.0. The van der Waals surface area contributed by atoms with Crippen molar-refractivity contribution in [3.05, 3.63) is 24.3 Å². The van der Waals surface area contributed by atoms with Crippen LogP contribution in [0, 0.1) is 5.92 Å². The van der Waals surface area contributed by atoms with Crippen molar-refractivity contribution in [2.45, 2.75) is 12.8 Å². The van der Waals surface area contributed by atoms with Gasteiger partial charge in [-0.15, -0.1) is 0 Å². The van der Waals surface area contributed by atoms with Gasteiger partial charge < -0.3 is 18.9 Å². The summed E-state index contributed by atoms with van der Waals surface area (Å²) in [7, 11) is 2.28. The lowest BCUT2D eigenvalue weighted by molar-refractivity contribution is -0.146. The number of imide groups is 1. The summed E-state index contributed by atoms with van der Waals surface area (Å²) in [5.41, 5.74) is 0. The van der Waals surface area contributed by atoms with E-state index in [1.165, 1.54) is 0 Å². The van der Waals surface area contributed by atoms with Gasteiger partial charge in [0, 0.05) is 49.6 Å². The lowest BCUT2D eigenvalue weighted by atomic mass is 10.1. The Morgan fingerprint density at radius 2 is 1.17 bits per heavy atom. The average Bonchev–Trinajstić information content (AvgIpc) is 3.03. The molecule has 1 aliphatic heterocycles. The monoisotopic (exact) mass is 411 g/mol. The van der Waals surface area contributed by atoms with Crippen molar-refractivity contribution in [2.24, 2.45) is 5.92 Å². The molecule has 0 N–H and O–H groups in total. The molecule has 0 spiro atoms. The summed E-state index contributed by atoms with van der Waals surface area (Å²) < 4.78 is 18.6. The van der Waals surface area contributed by atoms with Gasteiger partial charge in [-0.05, 0) is 0 Å². The van der Waals surface area contributed by atoms with E-state index in [1.54, 1.807) is 0 Å². The first-order valence-electron chi connectivity index (χ1n) is 8.45. The SMILES string of the molecule is COC(=O)/C=C/C(=O)OCC(COC(=O)/C=C/C(=O)OC)CN1C(=O)CCC1=O. The van der Waals surface area contributed by atoms with Crippen LogP contribution < -0.4 is 0 Å². The molecule has 1 aliphatic rings. The Labute approximate surface area is 166 Å². The second kappa shape index (κ2) is 12.1. The van der Waals surface area contributed by atoms with Crippen molar-refractivity contribution >= 4 is 35.7 Å². The molecule has 1 rings (SSSR count). The van der Waals surface area contributed by atoms with Crippen molar-refractivity contribution < 1.29 is 47.7 Å². The fraction of sp³-hybridized carbons (Fsp3) is 0.444. The summed E-state index contributed by atoms with van der Waals surface area (Å²) in [4.78, 5) is 69.8. The molecule has 0 bridgehead atoms. The van der Waals surface area contributed by atoms with E-state index < -0.39 is 29.8 Å². The first-order chi connectivity index (χ1) is 13.8. The topological polar surface area (TPSA) is 143 Å². The van der Waals surface area contributed by atoms with Crippen molar-refractivity contribution in [3.8, 4) is 0 Å². The molecule has 0 radical (unpaired) electrons. The minimum absolute atomic E-state index is 0.0782. The maximum atomic E-state index is 11.8. The summed E-state index contributed by atoms with van der Waals surface area (Å²) in [5, 5.41) is 0.